The fourth-order valence-electron chi connectivity index (χ4n) is 8.53. The van der Waals surface area contributed by atoms with Gasteiger partial charge in [-0.2, -0.15) is 0 Å². The van der Waals surface area contributed by atoms with Crippen LogP contribution in [-0.2, 0) is 32.7 Å². The minimum Gasteiger partial charge on any atom is -0.462 e. The lowest BCUT2D eigenvalue weighted by Gasteiger charge is -2.24. The minimum atomic E-state index is -4.40. The molecule has 9 nitrogen and oxygen atoms in total. The average molecular weight is 1140 g/mol. The van der Waals surface area contributed by atoms with Crippen LogP contribution in [0.1, 0.15) is 258 Å². The monoisotopic (exact) mass is 1130 g/mol. The zero-order valence-corrected chi connectivity index (χ0v) is 52.9. The molecule has 0 aromatic carbocycles. The Labute approximate surface area is 492 Å². The normalized spacial score (nSPS) is 14.0. The van der Waals surface area contributed by atoms with E-state index in [1.54, 1.807) is 0 Å². The number of nitrogens with zero attached hydrogens (tertiary/aromatic N) is 1. The summed E-state index contributed by atoms with van der Waals surface area (Å²) in [6, 6.07) is 0. The maximum atomic E-state index is 12.8. The Morgan fingerprint density at radius 1 is 0.400 bits per heavy atom. The zero-order valence-electron chi connectivity index (χ0n) is 52.0. The molecule has 0 aliphatic heterocycles. The highest BCUT2D eigenvalue weighted by Gasteiger charge is 2.27. The molecule has 2 unspecified atom stereocenters. The van der Waals surface area contributed by atoms with E-state index in [1.165, 1.54) is 116 Å². The van der Waals surface area contributed by atoms with Gasteiger partial charge in [0.25, 0.3) is 0 Å². The third kappa shape index (κ3) is 63.6. The molecule has 0 saturated carbocycles. The first-order valence-corrected chi connectivity index (χ1v) is 33.8. The maximum absolute atomic E-state index is 12.8. The van der Waals surface area contributed by atoms with Crippen molar-refractivity contribution in [2.24, 2.45) is 0 Å². The van der Waals surface area contributed by atoms with Crippen LogP contribution < -0.4 is 0 Å². The first kappa shape index (κ1) is 76.4. The Morgan fingerprint density at radius 3 is 1.07 bits per heavy atom. The molecular weight excluding hydrogens is 1010 g/mol. The van der Waals surface area contributed by atoms with Crippen LogP contribution in [0.3, 0.4) is 0 Å². The number of hydrogen-bond acceptors (Lipinski definition) is 7. The topological polar surface area (TPSA) is 108 Å². The van der Waals surface area contributed by atoms with Gasteiger partial charge in [-0.3, -0.25) is 18.6 Å². The molecule has 80 heavy (non-hydrogen) atoms. The number of esters is 2. The Morgan fingerprint density at radius 2 is 0.713 bits per heavy atom. The fraction of sp³-hybridized carbons (Fsp3) is 0.686. The number of rotatable bonds is 58. The maximum Gasteiger partial charge on any atom is 0.472 e. The van der Waals surface area contributed by atoms with Gasteiger partial charge < -0.3 is 18.9 Å². The van der Waals surface area contributed by atoms with E-state index >= 15 is 0 Å². The van der Waals surface area contributed by atoms with Crippen molar-refractivity contribution in [1.82, 2.24) is 0 Å². The molecule has 1 N–H and O–H groups in total. The predicted octanol–water partition coefficient (Wildman–Crippen LogP) is 20.7. The van der Waals surface area contributed by atoms with E-state index in [4.69, 9.17) is 18.5 Å². The van der Waals surface area contributed by atoms with E-state index in [2.05, 4.69) is 135 Å². The lowest BCUT2D eigenvalue weighted by Crippen LogP contribution is -2.37. The summed E-state index contributed by atoms with van der Waals surface area (Å²) in [6.07, 6.45) is 85.6. The Kier molecular flexibility index (Phi) is 57.3. The van der Waals surface area contributed by atoms with Crippen LogP contribution in [0, 0.1) is 0 Å². The second kappa shape index (κ2) is 60.0. The molecular formula is C70H121NO8P+. The standard InChI is InChI=1S/C70H120NO8P/c1-6-8-10-12-14-16-18-20-22-24-26-28-30-31-32-33-34-35-36-37-38-39-41-43-45-47-49-51-53-55-57-59-61-63-70(73)79-68(67-78-80(74,75)77-65-64-71(3,4)5)66-76-69(72)62-60-58-56-54-52-50-48-46-44-42-40-29-27-25-23-21-19-17-15-13-11-9-7-2/h8,10,14,16,20,22,25-28,31-32,34-35,37-38,41,43,47,49,68H,6-7,9,11-13,15,17-19,21,23-24,29-30,33,36,39-40,42,44-46,48,50-67H2,1-5H3/p+1/b10-8-,16-14-,22-20-,27-25-,28-26-,32-31-,35-34-,38-37-,43-41-,49-47-. The second-order valence-electron chi connectivity index (χ2n) is 22.4. The number of phosphoric acid groups is 1. The van der Waals surface area contributed by atoms with Crippen molar-refractivity contribution in [2.75, 3.05) is 47.5 Å². The number of phosphoric ester groups is 1. The fourth-order valence-corrected chi connectivity index (χ4v) is 9.27. The van der Waals surface area contributed by atoms with Crippen molar-refractivity contribution < 1.29 is 42.1 Å². The number of carbonyl (C=O) groups is 2. The van der Waals surface area contributed by atoms with Crippen LogP contribution in [-0.4, -0.2) is 74.9 Å². The molecule has 10 heteroatoms. The van der Waals surface area contributed by atoms with Gasteiger partial charge in [0, 0.05) is 12.8 Å². The SMILES string of the molecule is CC/C=C\C/C=C\C/C=C\C/C=C\C/C=C\C/C=C\C/C=C\C/C=C\C/C=C\CCCCCCCC(=O)OC(COC(=O)CCCCCCCCCCCCC/C=C\CCCCCCCCCC)COP(=O)(O)OCC[N+](C)(C)C. The Bertz CT molecular complexity index is 1760. The van der Waals surface area contributed by atoms with Crippen LogP contribution in [0.15, 0.2) is 122 Å². The summed E-state index contributed by atoms with van der Waals surface area (Å²) >= 11 is 0. The molecule has 0 heterocycles. The highest BCUT2D eigenvalue weighted by molar-refractivity contribution is 7.47. The number of carbonyl (C=O) groups excluding carboxylic acids is 2. The number of unbranched alkanes of at least 4 members (excludes halogenated alkanes) is 24. The second-order valence-corrected chi connectivity index (χ2v) is 23.9. The Balaban J connectivity index is 4.20. The highest BCUT2D eigenvalue weighted by Crippen LogP contribution is 2.43. The Hall–Kier alpha value is -3.59. The first-order chi connectivity index (χ1) is 39.0. The van der Waals surface area contributed by atoms with Crippen LogP contribution >= 0.6 is 7.82 Å². The van der Waals surface area contributed by atoms with E-state index in [1.807, 2.05) is 21.1 Å². The molecule has 0 aliphatic rings. The molecule has 0 spiro atoms. The van der Waals surface area contributed by atoms with Crippen LogP contribution in [0.4, 0.5) is 0 Å². The number of hydrogen-bond donors (Lipinski definition) is 1. The number of allylic oxidation sites excluding steroid dienone is 20. The van der Waals surface area contributed by atoms with E-state index in [0.717, 1.165) is 109 Å². The summed E-state index contributed by atoms with van der Waals surface area (Å²) in [5, 5.41) is 0. The molecule has 0 aromatic rings. The molecule has 0 aromatic heterocycles. The zero-order chi connectivity index (χ0) is 58.4. The molecule has 0 fully saturated rings. The quantitative estimate of drug-likeness (QED) is 0.0211. The van der Waals surface area contributed by atoms with Crippen molar-refractivity contribution in [3.8, 4) is 0 Å². The summed E-state index contributed by atoms with van der Waals surface area (Å²) in [6.45, 7) is 4.30. The smallest absolute Gasteiger partial charge is 0.462 e. The van der Waals surface area contributed by atoms with Gasteiger partial charge in [-0.05, 0) is 109 Å². The van der Waals surface area contributed by atoms with Crippen LogP contribution in [0.25, 0.3) is 0 Å². The van der Waals surface area contributed by atoms with E-state index in [9.17, 15) is 19.0 Å². The van der Waals surface area contributed by atoms with Crippen molar-refractivity contribution >= 4 is 19.8 Å². The van der Waals surface area contributed by atoms with Gasteiger partial charge in [-0.15, -0.1) is 0 Å². The van der Waals surface area contributed by atoms with E-state index in [-0.39, 0.29) is 32.0 Å². The van der Waals surface area contributed by atoms with Crippen LogP contribution in [0.2, 0.25) is 0 Å². The molecule has 0 rings (SSSR count). The third-order valence-corrected chi connectivity index (χ3v) is 14.5. The molecule has 0 aliphatic carbocycles. The summed E-state index contributed by atoms with van der Waals surface area (Å²) < 4.78 is 34.6. The van der Waals surface area contributed by atoms with Gasteiger partial charge in [-0.1, -0.05) is 257 Å². The number of likely N-dealkylation sites (N-methyl/N-ethyl adjacent to an activating group) is 1. The van der Waals surface area contributed by atoms with Gasteiger partial charge in [0.05, 0.1) is 27.7 Å². The van der Waals surface area contributed by atoms with Gasteiger partial charge in [0.1, 0.15) is 19.8 Å². The summed E-state index contributed by atoms with van der Waals surface area (Å²) in [7, 11) is 1.45. The lowest BCUT2D eigenvalue weighted by molar-refractivity contribution is -0.870. The third-order valence-electron chi connectivity index (χ3n) is 13.5. The molecule has 458 valence electrons. The average Bonchev–Trinajstić information content (AvgIpc) is 3.42. The summed E-state index contributed by atoms with van der Waals surface area (Å²) in [5.74, 6) is -0.823. The molecule has 0 bridgehead atoms. The van der Waals surface area contributed by atoms with Crippen molar-refractivity contribution in [3.63, 3.8) is 0 Å². The lowest BCUT2D eigenvalue weighted by atomic mass is 10.0. The van der Waals surface area contributed by atoms with Gasteiger partial charge in [-0.25, -0.2) is 4.57 Å². The first-order valence-electron chi connectivity index (χ1n) is 32.3. The summed E-state index contributed by atoms with van der Waals surface area (Å²) in [5.41, 5.74) is 0. The highest BCUT2D eigenvalue weighted by atomic mass is 31.2. The largest absolute Gasteiger partial charge is 0.472 e. The van der Waals surface area contributed by atoms with Crippen molar-refractivity contribution in [1.29, 1.82) is 0 Å². The predicted molar refractivity (Wildman–Crippen MR) is 344 cm³/mol. The molecule has 2 atom stereocenters. The van der Waals surface area contributed by atoms with Crippen LogP contribution in [0.5, 0.6) is 0 Å². The van der Waals surface area contributed by atoms with Gasteiger partial charge >= 0.3 is 19.8 Å². The number of ether oxygens (including phenoxy) is 2. The summed E-state index contributed by atoms with van der Waals surface area (Å²) in [4.78, 5) is 35.8. The van der Waals surface area contributed by atoms with Gasteiger partial charge in [0.2, 0.25) is 0 Å². The van der Waals surface area contributed by atoms with Crippen molar-refractivity contribution in [3.05, 3.63) is 122 Å². The van der Waals surface area contributed by atoms with E-state index in [0.29, 0.717) is 17.4 Å². The molecule has 0 saturated heterocycles. The van der Waals surface area contributed by atoms with Gasteiger partial charge in [0.15, 0.2) is 6.10 Å². The molecule has 0 radical (unpaired) electrons. The van der Waals surface area contributed by atoms with E-state index < -0.39 is 26.5 Å². The number of quaternary nitrogens is 1. The molecule has 0 amide bonds. The minimum absolute atomic E-state index is 0.0217. The van der Waals surface area contributed by atoms with Crippen molar-refractivity contribution in [2.45, 2.75) is 264 Å².